The van der Waals surface area contributed by atoms with Crippen LogP contribution in [0.5, 0.6) is 0 Å². The van der Waals surface area contributed by atoms with Crippen LogP contribution in [0.4, 0.5) is 10.2 Å². The molecule has 1 unspecified atom stereocenters. The van der Waals surface area contributed by atoms with Crippen LogP contribution in [-0.2, 0) is 6.54 Å². The zero-order valence-electron chi connectivity index (χ0n) is 14.4. The number of piperidine rings is 1. The maximum atomic E-state index is 12.9. The first-order chi connectivity index (χ1) is 12.2. The van der Waals surface area contributed by atoms with Crippen LogP contribution >= 0.6 is 0 Å². The Labute approximate surface area is 147 Å². The third-order valence-corrected chi connectivity index (χ3v) is 4.62. The number of carbonyl (C=O) groups is 1. The van der Waals surface area contributed by atoms with E-state index in [4.69, 9.17) is 0 Å². The summed E-state index contributed by atoms with van der Waals surface area (Å²) in [5, 5.41) is 3.13. The third-order valence-electron chi connectivity index (χ3n) is 4.62. The molecule has 1 aromatic heterocycles. The second-order valence-electron chi connectivity index (χ2n) is 6.32. The fourth-order valence-electron chi connectivity index (χ4n) is 3.16. The molecule has 1 fully saturated rings. The Kier molecular flexibility index (Phi) is 5.58. The van der Waals surface area contributed by atoms with Crippen molar-refractivity contribution in [2.45, 2.75) is 45.2 Å². The molecule has 6 heteroatoms. The maximum Gasteiger partial charge on any atom is 0.274 e. The zero-order valence-corrected chi connectivity index (χ0v) is 14.4. The normalized spacial score (nSPS) is 17.4. The summed E-state index contributed by atoms with van der Waals surface area (Å²) >= 11 is 0. The first-order valence-corrected chi connectivity index (χ1v) is 8.78. The van der Waals surface area contributed by atoms with Gasteiger partial charge < -0.3 is 10.2 Å². The number of anilines is 1. The monoisotopic (exact) mass is 342 g/mol. The molecule has 5 nitrogen and oxygen atoms in total. The molecule has 1 aliphatic heterocycles. The molecule has 0 saturated carbocycles. The van der Waals surface area contributed by atoms with Crippen LogP contribution < -0.4 is 5.32 Å². The lowest BCUT2D eigenvalue weighted by Crippen LogP contribution is -2.43. The summed E-state index contributed by atoms with van der Waals surface area (Å²) in [7, 11) is 0. The van der Waals surface area contributed by atoms with Gasteiger partial charge >= 0.3 is 0 Å². The van der Waals surface area contributed by atoms with Gasteiger partial charge in [0.2, 0.25) is 0 Å². The van der Waals surface area contributed by atoms with E-state index in [2.05, 4.69) is 22.2 Å². The highest BCUT2D eigenvalue weighted by Crippen LogP contribution is 2.21. The molecule has 1 N–H and O–H groups in total. The van der Waals surface area contributed by atoms with Crippen LogP contribution in [-0.4, -0.2) is 33.4 Å². The molecular formula is C19H23FN4O. The van der Waals surface area contributed by atoms with Gasteiger partial charge in [0.1, 0.15) is 17.3 Å². The summed E-state index contributed by atoms with van der Waals surface area (Å²) in [4.78, 5) is 23.1. The number of nitrogens with zero attached hydrogens (tertiary/aromatic N) is 3. The molecule has 0 radical (unpaired) electrons. The van der Waals surface area contributed by atoms with Gasteiger partial charge in [-0.1, -0.05) is 19.1 Å². The van der Waals surface area contributed by atoms with E-state index in [-0.39, 0.29) is 11.7 Å². The molecular weight excluding hydrogens is 319 g/mol. The van der Waals surface area contributed by atoms with E-state index in [1.807, 2.05) is 4.90 Å². The Hall–Kier alpha value is -2.50. The largest absolute Gasteiger partial charge is 0.365 e. The lowest BCUT2D eigenvalue weighted by Gasteiger charge is -2.34. The molecule has 3 rings (SSSR count). The summed E-state index contributed by atoms with van der Waals surface area (Å²) in [6, 6.07) is 6.59. The number of hydrogen-bond donors (Lipinski definition) is 1. The van der Waals surface area contributed by atoms with E-state index in [1.165, 1.54) is 24.8 Å². The first-order valence-electron chi connectivity index (χ1n) is 8.78. The smallest absolute Gasteiger partial charge is 0.274 e. The molecule has 1 aromatic carbocycles. The predicted octanol–water partition coefficient (Wildman–Crippen LogP) is 3.63. The number of benzene rings is 1. The minimum atomic E-state index is -0.255. The van der Waals surface area contributed by atoms with Crippen LogP contribution in [0.15, 0.2) is 36.7 Å². The standard InChI is InChI=1S/C19H23FN4O/c1-2-16-5-3-4-10-24(16)19(25)17-12-23-18(13-21-17)22-11-14-6-8-15(20)9-7-14/h6-9,12-13,16H,2-5,10-11H2,1H3,(H,22,23). The average molecular weight is 342 g/mol. The predicted molar refractivity (Wildman–Crippen MR) is 94.7 cm³/mol. The Morgan fingerprint density at radius 1 is 1.24 bits per heavy atom. The highest BCUT2D eigenvalue weighted by molar-refractivity contribution is 5.92. The highest BCUT2D eigenvalue weighted by Gasteiger charge is 2.27. The van der Waals surface area contributed by atoms with Gasteiger partial charge in [-0.15, -0.1) is 0 Å². The van der Waals surface area contributed by atoms with Gasteiger partial charge in [0.25, 0.3) is 5.91 Å². The summed E-state index contributed by atoms with van der Waals surface area (Å²) in [5.41, 5.74) is 1.33. The van der Waals surface area contributed by atoms with E-state index in [0.29, 0.717) is 24.1 Å². The number of rotatable bonds is 5. The average Bonchev–Trinajstić information content (AvgIpc) is 2.67. The van der Waals surface area contributed by atoms with E-state index in [1.54, 1.807) is 18.3 Å². The lowest BCUT2D eigenvalue weighted by molar-refractivity contribution is 0.0601. The number of nitrogens with one attached hydrogen (secondary N) is 1. The molecule has 132 valence electrons. The van der Waals surface area contributed by atoms with E-state index in [9.17, 15) is 9.18 Å². The second kappa shape index (κ2) is 8.05. The number of aromatic nitrogens is 2. The van der Waals surface area contributed by atoms with E-state index < -0.39 is 0 Å². The Morgan fingerprint density at radius 3 is 2.72 bits per heavy atom. The quantitative estimate of drug-likeness (QED) is 0.901. The summed E-state index contributed by atoms with van der Waals surface area (Å²) in [6.45, 7) is 3.43. The summed E-state index contributed by atoms with van der Waals surface area (Å²) in [5.74, 6) is 0.296. The van der Waals surface area contributed by atoms with Gasteiger partial charge in [-0.25, -0.2) is 14.4 Å². The number of hydrogen-bond acceptors (Lipinski definition) is 4. The van der Waals surface area contributed by atoms with Crippen molar-refractivity contribution in [1.29, 1.82) is 0 Å². The summed E-state index contributed by atoms with van der Waals surface area (Å²) in [6.07, 6.45) is 7.36. The van der Waals surface area contributed by atoms with Gasteiger partial charge in [-0.3, -0.25) is 4.79 Å². The van der Waals surface area contributed by atoms with Crippen LogP contribution in [0.25, 0.3) is 0 Å². The molecule has 0 spiro atoms. The van der Waals surface area contributed by atoms with Crippen LogP contribution in [0, 0.1) is 5.82 Å². The Balaban J connectivity index is 1.61. The summed E-state index contributed by atoms with van der Waals surface area (Å²) < 4.78 is 12.9. The molecule has 1 amide bonds. The molecule has 1 saturated heterocycles. The minimum absolute atomic E-state index is 0.0378. The van der Waals surface area contributed by atoms with E-state index in [0.717, 1.165) is 31.4 Å². The fourth-order valence-corrected chi connectivity index (χ4v) is 3.16. The molecule has 0 aliphatic carbocycles. The van der Waals surface area contributed by atoms with Crippen molar-refractivity contribution in [3.63, 3.8) is 0 Å². The van der Waals surface area contributed by atoms with Gasteiger partial charge in [-0.2, -0.15) is 0 Å². The lowest BCUT2D eigenvalue weighted by atomic mass is 10.00. The first kappa shape index (κ1) is 17.3. The van der Waals surface area contributed by atoms with Crippen LogP contribution in [0.1, 0.15) is 48.7 Å². The Bertz CT molecular complexity index is 702. The van der Waals surface area contributed by atoms with Gasteiger partial charge in [0, 0.05) is 19.1 Å². The highest BCUT2D eigenvalue weighted by atomic mass is 19.1. The van der Waals surface area contributed by atoms with Crippen molar-refractivity contribution in [2.75, 3.05) is 11.9 Å². The van der Waals surface area contributed by atoms with Crippen LogP contribution in [0.2, 0.25) is 0 Å². The van der Waals surface area contributed by atoms with Crippen molar-refractivity contribution in [3.05, 3.63) is 53.7 Å². The van der Waals surface area contributed by atoms with Crippen LogP contribution in [0.3, 0.4) is 0 Å². The number of halogens is 1. The fraction of sp³-hybridized carbons (Fsp3) is 0.421. The number of amides is 1. The van der Waals surface area contributed by atoms with Gasteiger partial charge in [-0.05, 0) is 43.4 Å². The van der Waals surface area contributed by atoms with E-state index >= 15 is 0 Å². The second-order valence-corrected chi connectivity index (χ2v) is 6.32. The molecule has 1 atom stereocenters. The third kappa shape index (κ3) is 4.32. The van der Waals surface area contributed by atoms with Crippen molar-refractivity contribution < 1.29 is 9.18 Å². The van der Waals surface area contributed by atoms with Gasteiger partial charge in [0.05, 0.1) is 12.4 Å². The maximum absolute atomic E-state index is 12.9. The molecule has 2 aromatic rings. The number of likely N-dealkylation sites (tertiary alicyclic amines) is 1. The zero-order chi connectivity index (χ0) is 17.6. The molecule has 1 aliphatic rings. The molecule has 2 heterocycles. The minimum Gasteiger partial charge on any atom is -0.365 e. The van der Waals surface area contributed by atoms with Gasteiger partial charge in [0.15, 0.2) is 0 Å². The molecule has 25 heavy (non-hydrogen) atoms. The SMILES string of the molecule is CCC1CCCCN1C(=O)c1cnc(NCc2ccc(F)cc2)cn1. The number of carbonyl (C=O) groups excluding carboxylic acids is 1. The van der Waals surface area contributed by atoms with Crippen molar-refractivity contribution in [1.82, 2.24) is 14.9 Å². The topological polar surface area (TPSA) is 58.1 Å². The Morgan fingerprint density at radius 2 is 2.04 bits per heavy atom. The molecule has 0 bridgehead atoms. The van der Waals surface area contributed by atoms with Crippen molar-refractivity contribution >= 4 is 11.7 Å². The van der Waals surface area contributed by atoms with Crippen molar-refractivity contribution in [3.8, 4) is 0 Å². The van der Waals surface area contributed by atoms with Crippen molar-refractivity contribution in [2.24, 2.45) is 0 Å².